The lowest BCUT2D eigenvalue weighted by Gasteiger charge is -2.11. The van der Waals surface area contributed by atoms with Gasteiger partial charge in [-0.2, -0.15) is 0 Å². The summed E-state index contributed by atoms with van der Waals surface area (Å²) in [4.78, 5) is 23.4. The van der Waals surface area contributed by atoms with Crippen LogP contribution in [0.1, 0.15) is 22.8 Å². The van der Waals surface area contributed by atoms with E-state index in [0.29, 0.717) is 16.9 Å². The van der Waals surface area contributed by atoms with Crippen molar-refractivity contribution in [3.8, 4) is 0 Å². The van der Waals surface area contributed by atoms with E-state index in [1.165, 1.54) is 6.92 Å². The van der Waals surface area contributed by atoms with Crippen molar-refractivity contribution in [2.24, 2.45) is 0 Å². The van der Waals surface area contributed by atoms with Gasteiger partial charge < -0.3 is 10.6 Å². The molecular formula is C16H15IN2O2. The first-order valence-electron chi connectivity index (χ1n) is 6.41. The number of rotatable bonds is 3. The fourth-order valence-electron chi connectivity index (χ4n) is 1.87. The summed E-state index contributed by atoms with van der Waals surface area (Å²) in [6.45, 7) is 3.35. The molecular weight excluding hydrogens is 379 g/mol. The van der Waals surface area contributed by atoms with Gasteiger partial charge >= 0.3 is 0 Å². The molecule has 0 aliphatic rings. The Balaban J connectivity index is 2.24. The fraction of sp³-hybridized carbons (Fsp3) is 0.125. The summed E-state index contributed by atoms with van der Waals surface area (Å²) in [5.74, 6) is -0.309. The molecule has 0 spiro atoms. The first-order valence-corrected chi connectivity index (χ1v) is 7.49. The van der Waals surface area contributed by atoms with Crippen LogP contribution in [-0.4, -0.2) is 11.8 Å². The molecule has 2 N–H and O–H groups in total. The number of carbonyl (C=O) groups is 2. The van der Waals surface area contributed by atoms with Crippen molar-refractivity contribution in [3.63, 3.8) is 0 Å². The number of aryl methyl sites for hydroxylation is 1. The average molecular weight is 394 g/mol. The van der Waals surface area contributed by atoms with Gasteiger partial charge in [0.05, 0.1) is 5.56 Å². The molecule has 2 aromatic carbocycles. The van der Waals surface area contributed by atoms with Crippen LogP contribution < -0.4 is 10.6 Å². The number of hydrogen-bond acceptors (Lipinski definition) is 2. The average Bonchev–Trinajstić information content (AvgIpc) is 2.42. The summed E-state index contributed by atoms with van der Waals surface area (Å²) in [6.07, 6.45) is 0. The maximum Gasteiger partial charge on any atom is 0.256 e. The number of halogens is 1. The molecule has 0 saturated heterocycles. The Morgan fingerprint density at radius 3 is 2.43 bits per heavy atom. The van der Waals surface area contributed by atoms with Crippen molar-refractivity contribution in [2.75, 3.05) is 10.6 Å². The number of hydrogen-bond donors (Lipinski definition) is 2. The summed E-state index contributed by atoms with van der Waals surface area (Å²) >= 11 is 2.13. The van der Waals surface area contributed by atoms with E-state index in [2.05, 4.69) is 33.2 Å². The topological polar surface area (TPSA) is 58.2 Å². The lowest BCUT2D eigenvalue weighted by Crippen LogP contribution is -2.14. The van der Waals surface area contributed by atoms with Crippen LogP contribution in [0.5, 0.6) is 0 Å². The molecule has 0 aliphatic carbocycles. The first-order chi connectivity index (χ1) is 9.97. The van der Waals surface area contributed by atoms with E-state index in [4.69, 9.17) is 0 Å². The molecule has 0 aromatic heterocycles. The molecule has 2 aromatic rings. The van der Waals surface area contributed by atoms with Gasteiger partial charge in [0.25, 0.3) is 5.91 Å². The second kappa shape index (κ2) is 6.71. The van der Waals surface area contributed by atoms with Gasteiger partial charge in [-0.15, -0.1) is 0 Å². The number of amides is 2. The fourth-order valence-corrected chi connectivity index (χ4v) is 2.51. The molecule has 0 atom stereocenters. The second-order valence-corrected chi connectivity index (χ2v) is 5.81. The van der Waals surface area contributed by atoms with Crippen LogP contribution in [-0.2, 0) is 4.79 Å². The summed E-state index contributed by atoms with van der Waals surface area (Å²) in [5.41, 5.74) is 2.91. The molecule has 0 radical (unpaired) electrons. The van der Waals surface area contributed by atoms with E-state index in [9.17, 15) is 9.59 Å². The van der Waals surface area contributed by atoms with Crippen LogP contribution in [0.15, 0.2) is 42.5 Å². The molecule has 0 bridgehead atoms. The van der Waals surface area contributed by atoms with Crippen LogP contribution in [0.4, 0.5) is 11.4 Å². The molecule has 0 aliphatic heterocycles. The van der Waals surface area contributed by atoms with Crippen LogP contribution >= 0.6 is 22.6 Å². The monoisotopic (exact) mass is 394 g/mol. The van der Waals surface area contributed by atoms with Crippen LogP contribution in [0.25, 0.3) is 0 Å². The van der Waals surface area contributed by atoms with Gasteiger partial charge in [-0.1, -0.05) is 18.2 Å². The number of anilines is 2. The summed E-state index contributed by atoms with van der Waals surface area (Å²) < 4.78 is 0.892. The molecule has 108 valence electrons. The molecule has 2 amide bonds. The third-order valence-electron chi connectivity index (χ3n) is 2.92. The van der Waals surface area contributed by atoms with Gasteiger partial charge in [-0.05, 0) is 59.3 Å². The largest absolute Gasteiger partial charge is 0.326 e. The van der Waals surface area contributed by atoms with Gasteiger partial charge in [-0.25, -0.2) is 0 Å². The third kappa shape index (κ3) is 4.04. The zero-order valence-corrected chi connectivity index (χ0v) is 13.9. The Morgan fingerprint density at radius 1 is 1.05 bits per heavy atom. The number of carbonyl (C=O) groups excluding carboxylic acids is 2. The van der Waals surface area contributed by atoms with E-state index < -0.39 is 0 Å². The molecule has 0 fully saturated rings. The highest BCUT2D eigenvalue weighted by Gasteiger charge is 2.11. The highest BCUT2D eigenvalue weighted by Crippen LogP contribution is 2.22. The zero-order chi connectivity index (χ0) is 15.4. The standard InChI is InChI=1S/C16H15IN2O2/c1-10-7-8-12(18-11(2)20)9-15(10)19-16(21)13-5-3-4-6-14(13)17/h3-9H,1-2H3,(H,18,20)(H,19,21). The summed E-state index contributed by atoms with van der Waals surface area (Å²) in [5, 5.41) is 5.59. The van der Waals surface area contributed by atoms with Crippen molar-refractivity contribution in [3.05, 3.63) is 57.2 Å². The van der Waals surface area contributed by atoms with E-state index in [0.717, 1.165) is 9.13 Å². The van der Waals surface area contributed by atoms with Crippen molar-refractivity contribution in [1.29, 1.82) is 0 Å². The van der Waals surface area contributed by atoms with E-state index >= 15 is 0 Å². The molecule has 5 heteroatoms. The van der Waals surface area contributed by atoms with Gasteiger partial charge in [0.1, 0.15) is 0 Å². The highest BCUT2D eigenvalue weighted by atomic mass is 127. The lowest BCUT2D eigenvalue weighted by molar-refractivity contribution is -0.114. The van der Waals surface area contributed by atoms with Gasteiger partial charge in [0, 0.05) is 21.9 Å². The van der Waals surface area contributed by atoms with E-state index in [1.807, 2.05) is 31.2 Å². The quantitative estimate of drug-likeness (QED) is 0.778. The highest BCUT2D eigenvalue weighted by molar-refractivity contribution is 14.1. The Hall–Kier alpha value is -1.89. The maximum absolute atomic E-state index is 12.3. The predicted octanol–water partition coefficient (Wildman–Crippen LogP) is 3.81. The third-order valence-corrected chi connectivity index (χ3v) is 3.87. The Morgan fingerprint density at radius 2 is 1.76 bits per heavy atom. The Bertz CT molecular complexity index is 698. The molecule has 2 rings (SSSR count). The first kappa shape index (κ1) is 15.5. The van der Waals surface area contributed by atoms with Crippen molar-refractivity contribution < 1.29 is 9.59 Å². The second-order valence-electron chi connectivity index (χ2n) is 4.64. The predicted molar refractivity (Wildman–Crippen MR) is 92.6 cm³/mol. The van der Waals surface area contributed by atoms with E-state index in [1.54, 1.807) is 18.2 Å². The molecule has 0 saturated carbocycles. The van der Waals surface area contributed by atoms with Crippen LogP contribution in [0.3, 0.4) is 0 Å². The van der Waals surface area contributed by atoms with Crippen LogP contribution in [0.2, 0.25) is 0 Å². The minimum Gasteiger partial charge on any atom is -0.326 e. The normalized spacial score (nSPS) is 10.0. The van der Waals surface area contributed by atoms with Gasteiger partial charge in [0.15, 0.2) is 0 Å². The SMILES string of the molecule is CC(=O)Nc1ccc(C)c(NC(=O)c2ccccc2I)c1. The minimum atomic E-state index is -0.164. The van der Waals surface area contributed by atoms with Gasteiger partial charge in [0.2, 0.25) is 5.91 Å². The Labute approximate surface area is 137 Å². The number of benzene rings is 2. The maximum atomic E-state index is 12.3. The number of nitrogens with one attached hydrogen (secondary N) is 2. The Kier molecular flexibility index (Phi) is 4.95. The zero-order valence-electron chi connectivity index (χ0n) is 11.7. The molecule has 0 unspecified atom stereocenters. The van der Waals surface area contributed by atoms with Gasteiger partial charge in [-0.3, -0.25) is 9.59 Å². The van der Waals surface area contributed by atoms with Crippen molar-refractivity contribution in [1.82, 2.24) is 0 Å². The molecule has 4 nitrogen and oxygen atoms in total. The molecule has 21 heavy (non-hydrogen) atoms. The minimum absolute atomic E-state index is 0.145. The smallest absolute Gasteiger partial charge is 0.256 e. The summed E-state index contributed by atoms with van der Waals surface area (Å²) in [7, 11) is 0. The van der Waals surface area contributed by atoms with Crippen molar-refractivity contribution in [2.45, 2.75) is 13.8 Å². The van der Waals surface area contributed by atoms with Crippen LogP contribution in [0, 0.1) is 10.5 Å². The van der Waals surface area contributed by atoms with Crippen molar-refractivity contribution >= 4 is 45.8 Å². The summed E-state index contributed by atoms with van der Waals surface area (Å²) in [6, 6.07) is 12.8. The van der Waals surface area contributed by atoms with E-state index in [-0.39, 0.29) is 11.8 Å². The lowest BCUT2D eigenvalue weighted by atomic mass is 10.1. The molecule has 0 heterocycles.